The molecule has 0 aromatic heterocycles. The fourth-order valence-corrected chi connectivity index (χ4v) is 37.6. The topological polar surface area (TPSA) is 0 Å². The quantitative estimate of drug-likeness (QED) is 0.105. The average Bonchev–Trinajstić information content (AvgIpc) is 0.650. The molecule has 8 aliphatic rings. The molecule has 0 saturated heterocycles. The summed E-state index contributed by atoms with van der Waals surface area (Å²) in [6.45, 7) is 57.2. The molecule has 0 radical (unpaired) electrons. The highest BCUT2D eigenvalue weighted by atomic mass is 14.5. The molecule has 31 aromatic carbocycles. The summed E-state index contributed by atoms with van der Waals surface area (Å²) in [6.07, 6.45) is 14.7. The molecule has 0 spiro atoms. The monoisotopic (exact) mass is 1830 g/mol. The Balaban J connectivity index is 0.0000000888. The van der Waals surface area contributed by atoms with Gasteiger partial charge in [0.1, 0.15) is 0 Å². The molecule has 0 fully saturated rings. The van der Waals surface area contributed by atoms with Crippen molar-refractivity contribution in [3.63, 3.8) is 0 Å². The van der Waals surface area contributed by atoms with Crippen molar-refractivity contribution in [2.75, 3.05) is 0 Å². The van der Waals surface area contributed by atoms with Crippen LogP contribution in [0.15, 0.2) is 146 Å². The third kappa shape index (κ3) is 7.87. The summed E-state index contributed by atoms with van der Waals surface area (Å²) < 4.78 is 0. The van der Waals surface area contributed by atoms with Crippen molar-refractivity contribution in [1.82, 2.24) is 0 Å². The summed E-state index contributed by atoms with van der Waals surface area (Å²) in [6, 6.07) is 57.3. The first-order chi connectivity index (χ1) is 70.1. The molecule has 0 aliphatic heterocycles. The average molecular weight is 1830 g/mol. The highest BCUT2D eigenvalue weighted by Crippen LogP contribution is 2.68. The van der Waals surface area contributed by atoms with Gasteiger partial charge in [-0.05, 0) is 611 Å². The zero-order chi connectivity index (χ0) is 95.4. The normalized spacial score (nSPS) is 18.9. The van der Waals surface area contributed by atoms with Crippen molar-refractivity contribution < 1.29 is 0 Å². The number of hydrogen-bond donors (Lipinski definition) is 0. The fraction of sp³-hybridized carbons (Fsp3) is 0.208. The maximum atomic E-state index is 4.72. The van der Waals surface area contributed by atoms with Gasteiger partial charge in [-0.1, -0.05) is 224 Å². The molecule has 678 valence electrons. The minimum atomic E-state index is 0.562. The lowest BCUT2D eigenvalue weighted by Gasteiger charge is -2.45. The van der Waals surface area contributed by atoms with Crippen LogP contribution >= 0.6 is 0 Å². The molecule has 0 heterocycles. The van der Waals surface area contributed by atoms with Gasteiger partial charge in [0, 0.05) is 0 Å². The van der Waals surface area contributed by atoms with E-state index >= 15 is 0 Å². The van der Waals surface area contributed by atoms with Crippen molar-refractivity contribution in [3.05, 3.63) is 287 Å². The van der Waals surface area contributed by atoms with Crippen LogP contribution in [0.25, 0.3) is 352 Å². The molecule has 6 atom stereocenters. The van der Waals surface area contributed by atoms with Gasteiger partial charge >= 0.3 is 0 Å². The van der Waals surface area contributed by atoms with E-state index in [-0.39, 0.29) is 0 Å². The van der Waals surface area contributed by atoms with E-state index in [1.807, 2.05) is 0 Å². The van der Waals surface area contributed by atoms with Gasteiger partial charge in [-0.25, -0.2) is 0 Å². The SMILES string of the molecule is C=c1ccc2c3ccc4c5ccc(=C)c6c(=C)c7c(=C)ccc8c9ccc%10c%11ccc(=C)c%12c(=C)c1c2c(c%12%11)c1c3c4c(c9c%101)c(c65)c78.CC1=c2c(C)c3c(C)ccc4c5ccc6c7ccc(C)c8c(C)c9c%10c(c%11c%12c%13c(c(c2c(c34)c%13c5c6c%12c%10c87)CC1)CC%11)CCC=9C.Cc1ccc2c3ccc4c5ccc(C)c6c5c5c7c(c8c9c%10c(c%11c%12c(c2c1C(C)C%12C(C)CC%11)c%10c3c4c59)CC8)CCC(C)C7C6C. The second kappa shape index (κ2) is 24.5. The van der Waals surface area contributed by atoms with Crippen molar-refractivity contribution in [2.24, 2.45) is 11.8 Å². The Morgan fingerprint density at radius 3 is 0.674 bits per heavy atom. The van der Waals surface area contributed by atoms with Crippen LogP contribution in [0.3, 0.4) is 0 Å². The van der Waals surface area contributed by atoms with Gasteiger partial charge in [-0.3, -0.25) is 0 Å². The molecule has 0 amide bonds. The van der Waals surface area contributed by atoms with Crippen LogP contribution in [0.1, 0.15) is 191 Å². The summed E-state index contributed by atoms with van der Waals surface area (Å²) in [5, 5.41) is 90.4. The molecule has 31 aromatic rings. The molecule has 8 aliphatic carbocycles. The van der Waals surface area contributed by atoms with Gasteiger partial charge in [0.05, 0.1) is 0 Å². The Kier molecular flexibility index (Phi) is 13.2. The number of aryl methyl sites for hydroxylation is 12. The van der Waals surface area contributed by atoms with Crippen molar-refractivity contribution in [2.45, 2.75) is 184 Å². The Morgan fingerprint density at radius 1 is 0.174 bits per heavy atom. The molecular weight excluding hydrogens is 1730 g/mol. The van der Waals surface area contributed by atoms with Crippen LogP contribution in [-0.4, -0.2) is 0 Å². The Labute approximate surface area is 829 Å². The van der Waals surface area contributed by atoms with Crippen molar-refractivity contribution in [3.8, 4) is 0 Å². The van der Waals surface area contributed by atoms with Crippen LogP contribution in [0.5, 0.6) is 0 Å². The lowest BCUT2D eigenvalue weighted by molar-refractivity contribution is 0.361. The molecular formula is C144H102. The van der Waals surface area contributed by atoms with Crippen molar-refractivity contribution in [1.29, 1.82) is 0 Å². The molecule has 6 unspecified atom stereocenters. The highest BCUT2D eigenvalue weighted by Gasteiger charge is 2.48. The summed E-state index contributed by atoms with van der Waals surface area (Å²) in [5.41, 5.74) is 32.7. The largest absolute Gasteiger partial charge is 0.0911 e. The minimum Gasteiger partial charge on any atom is -0.0911 e. The smallest absolute Gasteiger partial charge is 0.0000476 e. The van der Waals surface area contributed by atoms with Crippen LogP contribution in [0.4, 0.5) is 0 Å². The first-order valence-electron chi connectivity index (χ1n) is 54.2. The van der Waals surface area contributed by atoms with Crippen LogP contribution < -0.4 is 41.7 Å². The standard InChI is InChI=1S/C48H42.C48H36.C48H24/c3*1-19-7-11-25-29-15-16-31-27-13-9-21(3)35-24(6)36-22(4)10-14-28-32-18-17-30-26-12-8-20(2)34-23(5)33(19)37(25)45(38(26)34)47-41(29)43(31)48(44(32)42(30)47)46(39(27)35)40(28)36/h7,9,11,13,15-16,20,22-24,34,36H,8,10,12,14,17-18H2,1-6H3;7,9,11,13,15-16H,8,10,12,14,17-18H2,1-6H3;7-18H,1-6H2. The van der Waals surface area contributed by atoms with Gasteiger partial charge in [0.2, 0.25) is 0 Å². The minimum absolute atomic E-state index is 0.562. The van der Waals surface area contributed by atoms with Gasteiger partial charge in [-0.15, -0.1) is 0 Å². The molecule has 0 saturated carbocycles. The molecule has 0 nitrogen and oxygen atoms in total. The molecule has 0 heteroatoms. The van der Waals surface area contributed by atoms with Crippen LogP contribution in [-0.2, 0) is 51.4 Å². The molecule has 0 bridgehead atoms. The van der Waals surface area contributed by atoms with E-state index in [9.17, 15) is 0 Å². The number of fused-ring (bicyclic) bond motifs is 12. The first kappa shape index (κ1) is 77.8. The number of hydrogen-bond acceptors (Lipinski definition) is 0. The lowest BCUT2D eigenvalue weighted by atomic mass is 9.58. The van der Waals surface area contributed by atoms with E-state index in [0.717, 1.165) is 64.7 Å². The van der Waals surface area contributed by atoms with Gasteiger partial charge < -0.3 is 0 Å². The summed E-state index contributed by atoms with van der Waals surface area (Å²) >= 11 is 0. The zero-order valence-corrected chi connectivity index (χ0v) is 84.0. The Morgan fingerprint density at radius 2 is 0.382 bits per heavy atom. The first-order valence-corrected chi connectivity index (χ1v) is 54.2. The summed E-state index contributed by atoms with van der Waals surface area (Å²) in [4.78, 5) is 0. The van der Waals surface area contributed by atoms with Gasteiger partial charge in [0.15, 0.2) is 0 Å². The maximum absolute atomic E-state index is 4.72. The van der Waals surface area contributed by atoms with Gasteiger partial charge in [-0.2, -0.15) is 0 Å². The van der Waals surface area contributed by atoms with E-state index in [1.54, 1.807) is 196 Å². The molecule has 39 rings (SSSR count). The third-order valence-electron chi connectivity index (χ3n) is 42.4. The third-order valence-corrected chi connectivity index (χ3v) is 42.4. The predicted octanol–water partition coefficient (Wildman–Crippen LogP) is 32.9. The second-order valence-electron chi connectivity index (χ2n) is 48.1. The van der Waals surface area contributed by atoms with E-state index in [1.165, 1.54) is 283 Å². The van der Waals surface area contributed by atoms with E-state index in [0.29, 0.717) is 23.7 Å². The maximum Gasteiger partial charge on any atom is -0.0000476 e. The van der Waals surface area contributed by atoms with E-state index < -0.39 is 0 Å². The van der Waals surface area contributed by atoms with Crippen LogP contribution in [0, 0.1) is 53.4 Å². The van der Waals surface area contributed by atoms with Crippen molar-refractivity contribution >= 4 is 352 Å². The second-order valence-corrected chi connectivity index (χ2v) is 48.1. The predicted molar refractivity (Wildman–Crippen MR) is 629 cm³/mol. The number of benzene rings is 31. The van der Waals surface area contributed by atoms with Crippen LogP contribution in [0.2, 0.25) is 0 Å². The summed E-state index contributed by atoms with van der Waals surface area (Å²) in [5.74, 6) is 3.80. The fourth-order valence-electron chi connectivity index (χ4n) is 37.6. The Bertz CT molecular complexity index is 11500. The lowest BCUT2D eigenvalue weighted by Crippen LogP contribution is -2.29. The molecule has 144 heavy (non-hydrogen) atoms. The van der Waals surface area contributed by atoms with E-state index in [2.05, 4.69) is 255 Å². The Hall–Kier alpha value is -14.8. The number of rotatable bonds is 0. The highest BCUT2D eigenvalue weighted by molar-refractivity contribution is 6.60. The zero-order valence-electron chi connectivity index (χ0n) is 84.0. The molecule has 0 N–H and O–H groups in total. The van der Waals surface area contributed by atoms with E-state index in [4.69, 9.17) is 13.2 Å². The summed E-state index contributed by atoms with van der Waals surface area (Å²) in [7, 11) is 0. The van der Waals surface area contributed by atoms with Gasteiger partial charge in [0.25, 0.3) is 0 Å².